The second-order valence-electron chi connectivity index (χ2n) is 7.70. The summed E-state index contributed by atoms with van der Waals surface area (Å²) in [6.07, 6.45) is -0.596. The Hall–Kier alpha value is -2.61. The first-order valence-electron chi connectivity index (χ1n) is 9.14. The predicted octanol–water partition coefficient (Wildman–Crippen LogP) is 4.27. The lowest BCUT2D eigenvalue weighted by Gasteiger charge is -2.22. The Morgan fingerprint density at radius 1 is 1.29 bits per heavy atom. The molecule has 0 radical (unpaired) electrons. The topological polar surface area (TPSA) is 60.2 Å². The smallest absolute Gasteiger partial charge is 0.416 e. The van der Waals surface area contributed by atoms with Crippen molar-refractivity contribution in [1.29, 1.82) is 0 Å². The lowest BCUT2D eigenvalue weighted by molar-refractivity contribution is -0.137. The van der Waals surface area contributed by atoms with Gasteiger partial charge in [-0.05, 0) is 49.6 Å². The number of benzene rings is 1. The Morgan fingerprint density at radius 3 is 2.82 bits per heavy atom. The number of pyridine rings is 1. The lowest BCUT2D eigenvalue weighted by atomic mass is 10.00. The van der Waals surface area contributed by atoms with E-state index >= 15 is 0 Å². The van der Waals surface area contributed by atoms with Gasteiger partial charge in [-0.2, -0.15) is 18.3 Å². The molecule has 2 aliphatic rings. The van der Waals surface area contributed by atoms with Gasteiger partial charge in [0.1, 0.15) is 5.75 Å². The lowest BCUT2D eigenvalue weighted by Crippen LogP contribution is -2.28. The third kappa shape index (κ3) is 2.58. The summed E-state index contributed by atoms with van der Waals surface area (Å²) in [7, 11) is 0. The molecule has 1 saturated heterocycles. The van der Waals surface area contributed by atoms with Gasteiger partial charge < -0.3 is 9.84 Å². The Bertz CT molecular complexity index is 1070. The first kappa shape index (κ1) is 17.5. The minimum absolute atomic E-state index is 0.00548. The molecule has 1 N–H and O–H groups in total. The average Bonchev–Trinajstić information content (AvgIpc) is 3.23. The number of fused-ring (bicyclic) bond motifs is 2. The van der Waals surface area contributed by atoms with Crippen LogP contribution in [-0.2, 0) is 16.5 Å². The molecule has 1 aromatic carbocycles. The third-order valence-electron chi connectivity index (χ3n) is 5.92. The normalized spacial score (nSPS) is 24.4. The van der Waals surface area contributed by atoms with E-state index in [-0.39, 0.29) is 11.1 Å². The van der Waals surface area contributed by atoms with Gasteiger partial charge in [-0.15, -0.1) is 0 Å². The van der Waals surface area contributed by atoms with Gasteiger partial charge in [-0.25, -0.2) is 4.98 Å². The van der Waals surface area contributed by atoms with Gasteiger partial charge in [0.2, 0.25) is 0 Å². The molecule has 1 aliphatic heterocycles. The summed E-state index contributed by atoms with van der Waals surface area (Å²) in [5.74, 6) is 0.0279. The van der Waals surface area contributed by atoms with Gasteiger partial charge in [-0.1, -0.05) is 0 Å². The average molecular weight is 389 g/mol. The molecule has 2 unspecified atom stereocenters. The van der Waals surface area contributed by atoms with Crippen LogP contribution in [-0.4, -0.2) is 33.1 Å². The molecule has 28 heavy (non-hydrogen) atoms. The SMILES string of the molecule is Cc1cc(C(F)(F)F)cc(O)c1-c1ccc2cn(C34CCOCC3C4)nc2n1. The maximum Gasteiger partial charge on any atom is 0.416 e. The summed E-state index contributed by atoms with van der Waals surface area (Å²) >= 11 is 0. The van der Waals surface area contributed by atoms with Crippen LogP contribution < -0.4 is 0 Å². The molecule has 0 spiro atoms. The van der Waals surface area contributed by atoms with Crippen molar-refractivity contribution in [2.45, 2.75) is 31.5 Å². The number of aromatic hydroxyl groups is 1. The molecule has 8 heteroatoms. The highest BCUT2D eigenvalue weighted by Gasteiger charge is 2.58. The number of rotatable bonds is 2. The number of alkyl halides is 3. The Labute approximate surface area is 158 Å². The van der Waals surface area contributed by atoms with E-state index in [9.17, 15) is 18.3 Å². The van der Waals surface area contributed by atoms with Crippen LogP contribution in [0, 0.1) is 12.8 Å². The van der Waals surface area contributed by atoms with Crippen molar-refractivity contribution in [3.05, 3.63) is 41.6 Å². The summed E-state index contributed by atoms with van der Waals surface area (Å²) in [6.45, 7) is 2.99. The van der Waals surface area contributed by atoms with Gasteiger partial charge >= 0.3 is 6.18 Å². The van der Waals surface area contributed by atoms with E-state index in [1.807, 2.05) is 16.9 Å². The van der Waals surface area contributed by atoms with Crippen molar-refractivity contribution < 1.29 is 23.0 Å². The van der Waals surface area contributed by atoms with Crippen molar-refractivity contribution >= 4 is 11.0 Å². The van der Waals surface area contributed by atoms with E-state index in [0.29, 0.717) is 29.4 Å². The van der Waals surface area contributed by atoms with Crippen LogP contribution in [0.15, 0.2) is 30.5 Å². The summed E-state index contributed by atoms with van der Waals surface area (Å²) in [5.41, 5.74) is 0.642. The molecule has 2 atom stereocenters. The van der Waals surface area contributed by atoms with E-state index < -0.39 is 17.5 Å². The maximum absolute atomic E-state index is 13.0. The van der Waals surface area contributed by atoms with Crippen molar-refractivity contribution in [1.82, 2.24) is 14.8 Å². The van der Waals surface area contributed by atoms with Crippen molar-refractivity contribution in [3.8, 4) is 17.0 Å². The monoisotopic (exact) mass is 389 g/mol. The second kappa shape index (κ2) is 5.70. The quantitative estimate of drug-likeness (QED) is 0.711. The van der Waals surface area contributed by atoms with Crippen LogP contribution >= 0.6 is 0 Å². The number of halogens is 3. The standard InChI is InChI=1S/C20H18F3N3O2/c1-11-6-13(20(21,22)23)7-16(27)17(11)15-3-2-12-9-26(25-18(12)24-15)19-4-5-28-10-14(19)8-19/h2-3,6-7,9,14,27H,4-5,8,10H2,1H3. The van der Waals surface area contributed by atoms with Crippen molar-refractivity contribution in [2.24, 2.45) is 5.92 Å². The minimum atomic E-state index is -4.51. The highest BCUT2D eigenvalue weighted by atomic mass is 19.4. The zero-order valence-electron chi connectivity index (χ0n) is 15.1. The molecule has 2 aromatic heterocycles. The van der Waals surface area contributed by atoms with Gasteiger partial charge in [-0.3, -0.25) is 4.68 Å². The summed E-state index contributed by atoms with van der Waals surface area (Å²) in [4.78, 5) is 4.52. The summed E-state index contributed by atoms with van der Waals surface area (Å²) < 4.78 is 46.4. The number of hydrogen-bond acceptors (Lipinski definition) is 4. The van der Waals surface area contributed by atoms with Crippen LogP contribution in [0.1, 0.15) is 24.0 Å². The van der Waals surface area contributed by atoms with Gasteiger partial charge in [0.05, 0.1) is 23.4 Å². The number of hydrogen-bond donors (Lipinski definition) is 1. The van der Waals surface area contributed by atoms with E-state index in [1.165, 1.54) is 6.92 Å². The molecule has 3 heterocycles. The zero-order valence-corrected chi connectivity index (χ0v) is 15.1. The zero-order chi connectivity index (χ0) is 19.7. The first-order valence-corrected chi connectivity index (χ1v) is 9.14. The van der Waals surface area contributed by atoms with Crippen LogP contribution in [0.5, 0.6) is 5.75 Å². The number of phenolic OH excluding ortho intramolecular Hbond substituents is 1. The molecule has 5 rings (SSSR count). The molecule has 2 fully saturated rings. The van der Waals surface area contributed by atoms with Gasteiger partial charge in [0.15, 0.2) is 5.65 Å². The van der Waals surface area contributed by atoms with Crippen LogP contribution in [0.2, 0.25) is 0 Å². The van der Waals surface area contributed by atoms with E-state index in [0.717, 1.165) is 37.0 Å². The van der Waals surface area contributed by atoms with E-state index in [2.05, 4.69) is 10.1 Å². The fourth-order valence-electron chi connectivity index (χ4n) is 4.29. The molecule has 0 amide bonds. The van der Waals surface area contributed by atoms with Crippen LogP contribution in [0.4, 0.5) is 13.2 Å². The van der Waals surface area contributed by atoms with Crippen molar-refractivity contribution in [2.75, 3.05) is 13.2 Å². The van der Waals surface area contributed by atoms with Gasteiger partial charge in [0, 0.05) is 29.7 Å². The Morgan fingerprint density at radius 2 is 2.11 bits per heavy atom. The van der Waals surface area contributed by atoms with Crippen LogP contribution in [0.3, 0.4) is 0 Å². The predicted molar refractivity (Wildman–Crippen MR) is 95.9 cm³/mol. The minimum Gasteiger partial charge on any atom is -0.507 e. The maximum atomic E-state index is 13.0. The van der Waals surface area contributed by atoms with Crippen LogP contribution in [0.25, 0.3) is 22.3 Å². The largest absolute Gasteiger partial charge is 0.507 e. The highest BCUT2D eigenvalue weighted by Crippen LogP contribution is 2.55. The highest BCUT2D eigenvalue weighted by molar-refractivity contribution is 5.80. The summed E-state index contributed by atoms with van der Waals surface area (Å²) in [6, 6.07) is 5.30. The number of phenols is 1. The van der Waals surface area contributed by atoms with Crippen molar-refractivity contribution in [3.63, 3.8) is 0 Å². The summed E-state index contributed by atoms with van der Waals surface area (Å²) in [5, 5.41) is 15.7. The fourth-order valence-corrected chi connectivity index (χ4v) is 4.29. The van der Waals surface area contributed by atoms with Gasteiger partial charge in [0.25, 0.3) is 0 Å². The molecule has 0 bridgehead atoms. The number of aryl methyl sites for hydroxylation is 1. The van der Waals surface area contributed by atoms with E-state index in [4.69, 9.17) is 4.74 Å². The number of nitrogens with zero attached hydrogens (tertiary/aromatic N) is 3. The molecule has 1 aliphatic carbocycles. The second-order valence-corrected chi connectivity index (χ2v) is 7.70. The van der Waals surface area contributed by atoms with E-state index in [1.54, 1.807) is 6.07 Å². The number of ether oxygens (including phenoxy) is 1. The molecule has 3 aromatic rings. The molecule has 1 saturated carbocycles. The number of aromatic nitrogens is 3. The first-order chi connectivity index (χ1) is 13.3. The fraction of sp³-hybridized carbons (Fsp3) is 0.400. The Kier molecular flexibility index (Phi) is 3.56. The molecular formula is C20H18F3N3O2. The molecule has 146 valence electrons. The third-order valence-corrected chi connectivity index (χ3v) is 5.92. The molecular weight excluding hydrogens is 371 g/mol. The molecule has 5 nitrogen and oxygen atoms in total. The Balaban J connectivity index is 1.56.